The Bertz CT molecular complexity index is 1010. The average molecular weight is 401 g/mol. The van der Waals surface area contributed by atoms with E-state index in [9.17, 15) is 18.0 Å². The van der Waals surface area contributed by atoms with Gasteiger partial charge in [-0.25, -0.2) is 8.42 Å². The molecule has 2 aromatic carbocycles. The summed E-state index contributed by atoms with van der Waals surface area (Å²) in [4.78, 5) is 25.5. The Hall–Kier alpha value is -2.67. The minimum absolute atomic E-state index is 0.0683. The molecule has 0 fully saturated rings. The van der Waals surface area contributed by atoms with Gasteiger partial charge in [0.05, 0.1) is 4.90 Å². The van der Waals surface area contributed by atoms with Crippen LogP contribution in [0.25, 0.3) is 0 Å². The second-order valence-electron chi connectivity index (χ2n) is 7.33. The minimum Gasteiger partial charge on any atom is -0.338 e. The normalized spacial score (nSPS) is 13.9. The van der Waals surface area contributed by atoms with E-state index in [2.05, 4.69) is 4.72 Å². The quantitative estimate of drug-likeness (QED) is 0.781. The molecule has 1 amide bonds. The predicted molar refractivity (Wildman–Crippen MR) is 108 cm³/mol. The van der Waals surface area contributed by atoms with E-state index in [0.29, 0.717) is 24.3 Å². The maximum atomic E-state index is 12.7. The second kappa shape index (κ2) is 7.75. The Labute approximate surface area is 165 Å². The Morgan fingerprint density at radius 1 is 1.04 bits per heavy atom. The fourth-order valence-corrected chi connectivity index (χ4v) is 4.31. The van der Waals surface area contributed by atoms with Crippen molar-refractivity contribution in [2.45, 2.75) is 38.6 Å². The predicted octanol–water partition coefficient (Wildman–Crippen LogP) is 3.23. The maximum absolute atomic E-state index is 12.7. The topological polar surface area (TPSA) is 83.6 Å². The molecule has 1 aliphatic rings. The van der Waals surface area contributed by atoms with Crippen molar-refractivity contribution in [2.24, 2.45) is 5.92 Å². The van der Waals surface area contributed by atoms with Crippen LogP contribution in [0.1, 0.15) is 42.3 Å². The largest absolute Gasteiger partial charge is 0.338 e. The van der Waals surface area contributed by atoms with E-state index in [1.54, 1.807) is 12.1 Å². The zero-order valence-electron chi connectivity index (χ0n) is 16.2. The zero-order valence-corrected chi connectivity index (χ0v) is 17.0. The van der Waals surface area contributed by atoms with Crippen LogP contribution in [0, 0.1) is 5.92 Å². The third-order valence-electron chi connectivity index (χ3n) is 4.85. The summed E-state index contributed by atoms with van der Waals surface area (Å²) in [5.74, 6) is -0.0875. The van der Waals surface area contributed by atoms with Crippen molar-refractivity contribution in [2.75, 3.05) is 11.3 Å². The van der Waals surface area contributed by atoms with Gasteiger partial charge in [-0.3, -0.25) is 14.3 Å². The van der Waals surface area contributed by atoms with E-state index in [1.165, 1.54) is 31.2 Å². The van der Waals surface area contributed by atoms with Crippen molar-refractivity contribution in [3.63, 3.8) is 0 Å². The molecule has 0 spiro atoms. The fraction of sp³-hybridized carbons (Fsp3) is 0.333. The third-order valence-corrected chi connectivity index (χ3v) is 6.24. The van der Waals surface area contributed by atoms with Crippen LogP contribution in [-0.4, -0.2) is 31.6 Å². The number of hydrogen-bond acceptors (Lipinski definition) is 4. The molecule has 1 N–H and O–H groups in total. The highest BCUT2D eigenvalue weighted by Gasteiger charge is 2.23. The van der Waals surface area contributed by atoms with Crippen LogP contribution in [0.5, 0.6) is 0 Å². The maximum Gasteiger partial charge on any atom is 0.261 e. The molecule has 0 aromatic heterocycles. The van der Waals surface area contributed by atoms with E-state index in [0.717, 1.165) is 17.5 Å². The van der Waals surface area contributed by atoms with Gasteiger partial charge >= 0.3 is 0 Å². The van der Waals surface area contributed by atoms with Gasteiger partial charge in [-0.2, -0.15) is 0 Å². The molecule has 0 unspecified atom stereocenters. The number of carbonyl (C=O) groups excluding carboxylic acids is 2. The highest BCUT2D eigenvalue weighted by Crippen LogP contribution is 2.25. The number of amides is 1. The van der Waals surface area contributed by atoms with Crippen LogP contribution in [0.3, 0.4) is 0 Å². The Balaban J connectivity index is 1.81. The van der Waals surface area contributed by atoms with Gasteiger partial charge in [0, 0.05) is 30.3 Å². The SMILES string of the molecule is CC(=O)c1ccc(S(=O)(=O)Nc2ccc3c(c2)CN(C(=O)C(C)C)CC3)cc1. The van der Waals surface area contributed by atoms with E-state index < -0.39 is 10.0 Å². The van der Waals surface area contributed by atoms with Gasteiger partial charge in [0.25, 0.3) is 10.0 Å². The molecule has 0 aliphatic carbocycles. The summed E-state index contributed by atoms with van der Waals surface area (Å²) >= 11 is 0. The highest BCUT2D eigenvalue weighted by atomic mass is 32.2. The van der Waals surface area contributed by atoms with Crippen LogP contribution in [0.15, 0.2) is 47.4 Å². The molecule has 7 heteroatoms. The summed E-state index contributed by atoms with van der Waals surface area (Å²) in [5, 5.41) is 0. The van der Waals surface area contributed by atoms with Gasteiger partial charge in [0.2, 0.25) is 5.91 Å². The van der Waals surface area contributed by atoms with Gasteiger partial charge in [0.1, 0.15) is 0 Å². The number of carbonyl (C=O) groups is 2. The number of benzene rings is 2. The summed E-state index contributed by atoms with van der Waals surface area (Å²) in [6.07, 6.45) is 0.757. The fourth-order valence-electron chi connectivity index (χ4n) is 3.26. The van der Waals surface area contributed by atoms with E-state index >= 15 is 0 Å². The second-order valence-corrected chi connectivity index (χ2v) is 9.02. The molecule has 1 heterocycles. The van der Waals surface area contributed by atoms with E-state index in [-0.39, 0.29) is 22.5 Å². The first kappa shape index (κ1) is 20.1. The summed E-state index contributed by atoms with van der Waals surface area (Å²) < 4.78 is 27.9. The minimum atomic E-state index is -3.77. The van der Waals surface area contributed by atoms with Gasteiger partial charge < -0.3 is 4.90 Å². The lowest BCUT2D eigenvalue weighted by Crippen LogP contribution is -2.38. The number of nitrogens with one attached hydrogen (secondary N) is 1. The molecule has 0 saturated heterocycles. The van der Waals surface area contributed by atoms with Gasteiger partial charge in [-0.1, -0.05) is 32.0 Å². The number of nitrogens with zero attached hydrogens (tertiary/aromatic N) is 1. The monoisotopic (exact) mass is 400 g/mol. The smallest absolute Gasteiger partial charge is 0.261 e. The first-order valence-corrected chi connectivity index (χ1v) is 10.7. The molecular formula is C21H24N2O4S. The summed E-state index contributed by atoms with van der Waals surface area (Å²) in [6.45, 7) is 6.34. The molecule has 3 rings (SSSR count). The molecule has 0 radical (unpaired) electrons. The first-order valence-electron chi connectivity index (χ1n) is 9.22. The van der Waals surface area contributed by atoms with E-state index in [4.69, 9.17) is 0 Å². The standard InChI is InChI=1S/C21H24N2O4S/c1-14(2)21(25)23-11-10-17-4-7-19(12-18(17)13-23)22-28(26,27)20-8-5-16(6-9-20)15(3)24/h4-9,12,14,22H,10-11,13H2,1-3H3. The highest BCUT2D eigenvalue weighted by molar-refractivity contribution is 7.92. The zero-order chi connectivity index (χ0) is 20.5. The number of hydrogen-bond donors (Lipinski definition) is 1. The summed E-state index contributed by atoms with van der Waals surface area (Å²) in [6, 6.07) is 11.3. The Morgan fingerprint density at radius 2 is 1.71 bits per heavy atom. The molecule has 0 bridgehead atoms. The lowest BCUT2D eigenvalue weighted by atomic mass is 9.98. The number of ketones is 1. The third kappa shape index (κ3) is 4.25. The molecule has 0 saturated carbocycles. The molecular weight excluding hydrogens is 376 g/mol. The molecule has 148 valence electrons. The van der Waals surface area contributed by atoms with Gasteiger partial charge in [-0.15, -0.1) is 0 Å². The number of fused-ring (bicyclic) bond motifs is 1. The molecule has 28 heavy (non-hydrogen) atoms. The molecule has 1 aliphatic heterocycles. The number of sulfonamides is 1. The summed E-state index contributed by atoms with van der Waals surface area (Å²) in [5.41, 5.74) is 2.99. The van der Waals surface area contributed by atoms with Gasteiger partial charge in [0.15, 0.2) is 5.78 Å². The molecule has 6 nitrogen and oxygen atoms in total. The Kier molecular flexibility index (Phi) is 5.56. The Morgan fingerprint density at radius 3 is 2.32 bits per heavy atom. The van der Waals surface area contributed by atoms with Crippen LogP contribution >= 0.6 is 0 Å². The van der Waals surface area contributed by atoms with Crippen LogP contribution in [0.4, 0.5) is 5.69 Å². The average Bonchev–Trinajstić information content (AvgIpc) is 2.66. The first-order chi connectivity index (χ1) is 13.2. The van der Waals surface area contributed by atoms with Crippen molar-refractivity contribution in [3.05, 3.63) is 59.2 Å². The number of Topliss-reactive ketones (excluding diaryl/α,β-unsaturated/α-hetero) is 1. The molecule has 0 atom stereocenters. The van der Waals surface area contributed by atoms with E-state index in [1.807, 2.05) is 24.8 Å². The number of anilines is 1. The van der Waals surface area contributed by atoms with Crippen molar-refractivity contribution in [3.8, 4) is 0 Å². The van der Waals surface area contributed by atoms with Crippen LogP contribution < -0.4 is 4.72 Å². The van der Waals surface area contributed by atoms with Crippen molar-refractivity contribution < 1.29 is 18.0 Å². The van der Waals surface area contributed by atoms with Crippen LogP contribution in [-0.2, 0) is 27.8 Å². The van der Waals surface area contributed by atoms with Crippen molar-refractivity contribution >= 4 is 27.4 Å². The summed E-state index contributed by atoms with van der Waals surface area (Å²) in [7, 11) is -3.77. The van der Waals surface area contributed by atoms with Crippen LogP contribution in [0.2, 0.25) is 0 Å². The lowest BCUT2D eigenvalue weighted by Gasteiger charge is -2.30. The van der Waals surface area contributed by atoms with Gasteiger partial charge in [-0.05, 0) is 48.7 Å². The lowest BCUT2D eigenvalue weighted by molar-refractivity contribution is -0.135. The van der Waals surface area contributed by atoms with Crippen molar-refractivity contribution in [1.29, 1.82) is 0 Å². The molecule has 2 aromatic rings. The van der Waals surface area contributed by atoms with Crippen molar-refractivity contribution in [1.82, 2.24) is 4.90 Å². The number of rotatable bonds is 5.